The fourth-order valence-electron chi connectivity index (χ4n) is 4.71. The Morgan fingerprint density at radius 3 is 2.66 bits per heavy atom. The maximum absolute atomic E-state index is 12.8. The molecule has 0 bridgehead atoms. The monoisotopic (exact) mass is 412 g/mol. The van der Waals surface area contributed by atoms with Crippen molar-refractivity contribution in [3.8, 4) is 11.3 Å². The van der Waals surface area contributed by atoms with E-state index >= 15 is 0 Å². The number of amides is 1. The summed E-state index contributed by atoms with van der Waals surface area (Å²) in [7, 11) is 0. The third-order valence-electron chi connectivity index (χ3n) is 6.37. The maximum atomic E-state index is 12.8. The lowest BCUT2D eigenvalue weighted by molar-refractivity contribution is -0.121. The van der Waals surface area contributed by atoms with Gasteiger partial charge in [0, 0.05) is 28.6 Å². The lowest BCUT2D eigenvalue weighted by Gasteiger charge is -2.41. The highest BCUT2D eigenvalue weighted by Gasteiger charge is 2.30. The summed E-state index contributed by atoms with van der Waals surface area (Å²) in [5.74, 6) is 0.284. The van der Waals surface area contributed by atoms with E-state index in [1.807, 2.05) is 35.2 Å². The Morgan fingerprint density at radius 2 is 1.97 bits per heavy atom. The number of thiazole rings is 1. The second-order valence-corrected chi connectivity index (χ2v) is 9.05. The quantitative estimate of drug-likeness (QED) is 0.767. The van der Waals surface area contributed by atoms with E-state index in [0.717, 1.165) is 42.9 Å². The Labute approximate surface area is 178 Å². The van der Waals surface area contributed by atoms with Crippen molar-refractivity contribution >= 4 is 22.9 Å². The number of rotatable bonds is 6. The second-order valence-electron chi connectivity index (χ2n) is 8.33. The van der Waals surface area contributed by atoms with Gasteiger partial charge in [-0.2, -0.15) is 0 Å². The van der Waals surface area contributed by atoms with Gasteiger partial charge in [0.1, 0.15) is 0 Å². The van der Waals surface area contributed by atoms with Crippen LogP contribution >= 0.6 is 11.3 Å². The Bertz CT molecular complexity index is 778. The molecule has 4 rings (SSSR count). The molecule has 156 valence electrons. The summed E-state index contributed by atoms with van der Waals surface area (Å²) in [5.41, 5.74) is 4.71. The zero-order valence-electron chi connectivity index (χ0n) is 17.3. The van der Waals surface area contributed by atoms with Gasteiger partial charge in [-0.05, 0) is 77.0 Å². The van der Waals surface area contributed by atoms with Gasteiger partial charge in [0.25, 0.3) is 0 Å². The van der Waals surface area contributed by atoms with Crippen LogP contribution in [0.4, 0.5) is 5.69 Å². The minimum absolute atomic E-state index is 0.120. The highest BCUT2D eigenvalue weighted by Crippen LogP contribution is 2.26. The number of hydrogen-bond donors (Lipinski definition) is 1. The molecule has 5 nitrogen and oxygen atoms in total. The number of carbonyl (C=O) groups excluding carboxylic acids is 1. The normalized spacial score (nSPS) is 20.0. The number of likely N-dealkylation sites (tertiary alicyclic amines) is 2. The first-order valence-electron chi connectivity index (χ1n) is 11.0. The topological polar surface area (TPSA) is 48.5 Å². The van der Waals surface area contributed by atoms with Gasteiger partial charge in [-0.1, -0.05) is 19.1 Å². The Balaban J connectivity index is 1.26. The van der Waals surface area contributed by atoms with Crippen molar-refractivity contribution < 1.29 is 4.79 Å². The third kappa shape index (κ3) is 5.24. The molecule has 1 amide bonds. The third-order valence-corrected chi connectivity index (χ3v) is 6.96. The van der Waals surface area contributed by atoms with Crippen LogP contribution in [-0.2, 0) is 4.79 Å². The average Bonchev–Trinajstić information content (AvgIpc) is 3.30. The zero-order chi connectivity index (χ0) is 20.1. The van der Waals surface area contributed by atoms with Gasteiger partial charge >= 0.3 is 0 Å². The van der Waals surface area contributed by atoms with Crippen LogP contribution in [0, 0.1) is 5.92 Å². The highest BCUT2D eigenvalue weighted by atomic mass is 32.1. The molecule has 0 spiro atoms. The molecule has 0 unspecified atom stereocenters. The smallest absolute Gasteiger partial charge is 0.227 e. The van der Waals surface area contributed by atoms with Crippen molar-refractivity contribution in [2.45, 2.75) is 45.1 Å². The van der Waals surface area contributed by atoms with Crippen LogP contribution in [-0.4, -0.2) is 59.5 Å². The largest absolute Gasteiger partial charge is 0.326 e. The molecule has 0 aliphatic carbocycles. The van der Waals surface area contributed by atoms with Gasteiger partial charge < -0.3 is 15.1 Å². The fraction of sp³-hybridized carbons (Fsp3) is 0.565. The van der Waals surface area contributed by atoms with Gasteiger partial charge in [-0.3, -0.25) is 4.79 Å². The molecule has 29 heavy (non-hydrogen) atoms. The lowest BCUT2D eigenvalue weighted by atomic mass is 9.92. The van der Waals surface area contributed by atoms with E-state index in [2.05, 4.69) is 27.0 Å². The van der Waals surface area contributed by atoms with Gasteiger partial charge in [0.2, 0.25) is 5.91 Å². The van der Waals surface area contributed by atoms with E-state index in [1.165, 1.54) is 38.9 Å². The predicted molar refractivity (Wildman–Crippen MR) is 120 cm³/mol. The predicted octanol–water partition coefficient (Wildman–Crippen LogP) is 4.34. The van der Waals surface area contributed by atoms with E-state index in [-0.39, 0.29) is 11.8 Å². The number of carbonyl (C=O) groups is 1. The highest BCUT2D eigenvalue weighted by molar-refractivity contribution is 7.07. The molecule has 2 saturated heterocycles. The molecule has 2 fully saturated rings. The van der Waals surface area contributed by atoms with Crippen molar-refractivity contribution in [3.05, 3.63) is 35.2 Å². The summed E-state index contributed by atoms with van der Waals surface area (Å²) in [6.07, 6.45) is 5.73. The van der Waals surface area contributed by atoms with Crippen LogP contribution in [0.3, 0.4) is 0 Å². The van der Waals surface area contributed by atoms with E-state index in [4.69, 9.17) is 0 Å². The molecule has 0 radical (unpaired) electrons. The Morgan fingerprint density at radius 1 is 1.17 bits per heavy atom. The minimum atomic E-state index is 0.120. The molecule has 1 N–H and O–H groups in total. The molecule has 0 atom stereocenters. The first-order chi connectivity index (χ1) is 14.2. The average molecular weight is 413 g/mol. The summed E-state index contributed by atoms with van der Waals surface area (Å²) in [5, 5.41) is 5.17. The summed E-state index contributed by atoms with van der Waals surface area (Å²) in [4.78, 5) is 22.4. The van der Waals surface area contributed by atoms with Gasteiger partial charge in [-0.25, -0.2) is 4.98 Å². The molecule has 2 aliphatic rings. The number of nitrogens with one attached hydrogen (secondary N) is 1. The number of anilines is 1. The fourth-order valence-corrected chi connectivity index (χ4v) is 5.27. The van der Waals surface area contributed by atoms with Crippen molar-refractivity contribution in [1.29, 1.82) is 0 Å². The summed E-state index contributed by atoms with van der Waals surface area (Å²) < 4.78 is 0. The van der Waals surface area contributed by atoms with Crippen LogP contribution in [0.25, 0.3) is 11.3 Å². The first kappa shape index (κ1) is 20.5. The van der Waals surface area contributed by atoms with Crippen LogP contribution in [0.5, 0.6) is 0 Å². The van der Waals surface area contributed by atoms with E-state index in [0.29, 0.717) is 6.04 Å². The lowest BCUT2D eigenvalue weighted by Crippen LogP contribution is -2.48. The van der Waals surface area contributed by atoms with E-state index < -0.39 is 0 Å². The van der Waals surface area contributed by atoms with Gasteiger partial charge in [0.15, 0.2) is 0 Å². The van der Waals surface area contributed by atoms with Crippen LogP contribution < -0.4 is 5.32 Å². The molecule has 2 aliphatic heterocycles. The number of hydrogen-bond acceptors (Lipinski definition) is 5. The maximum Gasteiger partial charge on any atom is 0.227 e. The van der Waals surface area contributed by atoms with Crippen LogP contribution in [0.1, 0.15) is 39.0 Å². The summed E-state index contributed by atoms with van der Waals surface area (Å²) in [6, 6.07) is 8.72. The standard InChI is InChI=1S/C23H32N4OS/c1-2-10-26-11-8-21(9-12-26)27-13-6-18(7-14-27)23(28)25-20-5-3-4-19(15-20)22-16-29-17-24-22/h3-5,15-18,21H,2,6-14H2,1H3,(H,25,28). The van der Waals surface area contributed by atoms with E-state index in [9.17, 15) is 4.79 Å². The van der Waals surface area contributed by atoms with Gasteiger partial charge in [-0.15, -0.1) is 11.3 Å². The number of nitrogens with zero attached hydrogens (tertiary/aromatic N) is 3. The van der Waals surface area contributed by atoms with Crippen molar-refractivity contribution in [1.82, 2.24) is 14.8 Å². The summed E-state index contributed by atoms with van der Waals surface area (Å²) in [6.45, 7) is 8.06. The first-order valence-corrected chi connectivity index (χ1v) is 11.9. The Hall–Kier alpha value is -1.76. The molecule has 6 heteroatoms. The van der Waals surface area contributed by atoms with Gasteiger partial charge in [0.05, 0.1) is 11.2 Å². The molecule has 3 heterocycles. The molecule has 2 aromatic rings. The SMILES string of the molecule is CCCN1CCC(N2CCC(C(=O)Nc3cccc(-c4cscn4)c3)CC2)CC1. The summed E-state index contributed by atoms with van der Waals surface area (Å²) >= 11 is 1.59. The Kier molecular flexibility index (Phi) is 6.95. The van der Waals surface area contributed by atoms with Crippen LogP contribution in [0.15, 0.2) is 35.2 Å². The molecular weight excluding hydrogens is 380 g/mol. The van der Waals surface area contributed by atoms with Crippen molar-refractivity contribution in [2.24, 2.45) is 5.92 Å². The van der Waals surface area contributed by atoms with Crippen molar-refractivity contribution in [2.75, 3.05) is 38.0 Å². The number of benzene rings is 1. The van der Waals surface area contributed by atoms with Crippen LogP contribution in [0.2, 0.25) is 0 Å². The molecule has 0 saturated carbocycles. The minimum Gasteiger partial charge on any atom is -0.326 e. The molecule has 1 aromatic heterocycles. The number of aromatic nitrogens is 1. The second kappa shape index (κ2) is 9.83. The molecular formula is C23H32N4OS. The van der Waals surface area contributed by atoms with Crippen molar-refractivity contribution in [3.63, 3.8) is 0 Å². The van der Waals surface area contributed by atoms with E-state index in [1.54, 1.807) is 11.3 Å². The molecule has 1 aromatic carbocycles. The zero-order valence-corrected chi connectivity index (χ0v) is 18.2. The number of piperidine rings is 2.